The van der Waals surface area contributed by atoms with E-state index in [4.69, 9.17) is 0 Å². The number of nitrogens with zero attached hydrogens (tertiary/aromatic N) is 1. The van der Waals surface area contributed by atoms with Gasteiger partial charge in [0.05, 0.1) is 12.7 Å². The van der Waals surface area contributed by atoms with E-state index >= 15 is 0 Å². The molecule has 3 N–H and O–H groups in total. The van der Waals surface area contributed by atoms with Crippen LogP contribution in [0.15, 0.2) is 30.5 Å². The second-order valence-electron chi connectivity index (χ2n) is 5.50. The largest absolute Gasteiger partial charge is 0.383 e. The van der Waals surface area contributed by atoms with Crippen molar-refractivity contribution >= 4 is 22.4 Å². The molecule has 0 unspecified atom stereocenters. The summed E-state index contributed by atoms with van der Waals surface area (Å²) in [6.45, 7) is 0.218. The Morgan fingerprint density at radius 2 is 2.27 bits per heavy atom. The highest BCUT2D eigenvalue weighted by molar-refractivity contribution is 7.17. The van der Waals surface area contributed by atoms with Gasteiger partial charge in [0.1, 0.15) is 10.5 Å². The molecule has 0 aliphatic heterocycles. The molecule has 1 aromatic heterocycles. The van der Waals surface area contributed by atoms with E-state index in [9.17, 15) is 9.90 Å². The van der Waals surface area contributed by atoms with Crippen LogP contribution in [0.3, 0.4) is 0 Å². The Kier molecular flexibility index (Phi) is 4.13. The average Bonchev–Trinajstić information content (AvgIpc) is 3.02. The normalized spacial score (nSPS) is 20.3. The molecule has 0 saturated carbocycles. The first kappa shape index (κ1) is 15.0. The van der Waals surface area contributed by atoms with E-state index in [1.807, 2.05) is 24.3 Å². The molecule has 0 radical (unpaired) electrons. The van der Waals surface area contributed by atoms with Crippen LogP contribution in [-0.4, -0.2) is 29.6 Å². The van der Waals surface area contributed by atoms with Gasteiger partial charge in [-0.1, -0.05) is 35.6 Å². The second kappa shape index (κ2) is 6.06. The lowest BCUT2D eigenvalue weighted by Gasteiger charge is -2.34. The second-order valence-corrected chi connectivity index (χ2v) is 6.54. The summed E-state index contributed by atoms with van der Waals surface area (Å²) in [6, 6.07) is 7.91. The summed E-state index contributed by atoms with van der Waals surface area (Å²) >= 11 is 1.30. The number of hydrogen-bond donors (Lipinski definition) is 3. The molecular weight excluding hydrogens is 298 g/mol. The number of carbonyl (C=O) groups excluding carboxylic acids is 1. The molecule has 5 nitrogen and oxygen atoms in total. The number of thiazole rings is 1. The first-order valence-corrected chi connectivity index (χ1v) is 8.16. The third kappa shape index (κ3) is 2.84. The molecule has 22 heavy (non-hydrogen) atoms. The Bertz CT molecular complexity index is 686. The molecule has 3 rings (SSSR count). The molecule has 1 aliphatic rings. The van der Waals surface area contributed by atoms with Crippen molar-refractivity contribution in [1.29, 1.82) is 0 Å². The third-order valence-electron chi connectivity index (χ3n) is 4.04. The van der Waals surface area contributed by atoms with E-state index in [0.717, 1.165) is 18.4 Å². The highest BCUT2D eigenvalue weighted by Gasteiger charge is 2.34. The van der Waals surface area contributed by atoms with Gasteiger partial charge in [-0.2, -0.15) is 0 Å². The quantitative estimate of drug-likeness (QED) is 0.808. The molecule has 1 aliphatic carbocycles. The Morgan fingerprint density at radius 3 is 3.05 bits per heavy atom. The van der Waals surface area contributed by atoms with Gasteiger partial charge in [-0.25, -0.2) is 4.98 Å². The van der Waals surface area contributed by atoms with Crippen LogP contribution in [0, 0.1) is 0 Å². The van der Waals surface area contributed by atoms with Crippen molar-refractivity contribution in [3.05, 3.63) is 46.5 Å². The predicted octanol–water partition coefficient (Wildman–Crippen LogP) is 2.14. The highest BCUT2D eigenvalue weighted by Crippen LogP contribution is 2.34. The van der Waals surface area contributed by atoms with Gasteiger partial charge in [0, 0.05) is 7.05 Å². The first-order chi connectivity index (χ1) is 10.6. The fourth-order valence-electron chi connectivity index (χ4n) is 2.89. The standard InChI is InChI=1S/C16H19N3O2S/c1-17-15-18-9-13(22-15)14(20)19-10-16(21)8-4-6-11-5-2-3-7-12(11)16/h2-3,5,7,9,21H,4,6,8,10H2,1H3,(H,17,18)(H,19,20)/t16-/m1/s1. The Labute approximate surface area is 133 Å². The van der Waals surface area contributed by atoms with Crippen molar-refractivity contribution in [2.45, 2.75) is 24.9 Å². The van der Waals surface area contributed by atoms with E-state index in [2.05, 4.69) is 15.6 Å². The molecule has 0 saturated heterocycles. The van der Waals surface area contributed by atoms with Gasteiger partial charge in [-0.15, -0.1) is 0 Å². The van der Waals surface area contributed by atoms with Crippen molar-refractivity contribution in [3.63, 3.8) is 0 Å². The minimum atomic E-state index is -0.985. The summed E-state index contributed by atoms with van der Waals surface area (Å²) in [6.07, 6.45) is 4.11. The van der Waals surface area contributed by atoms with Crippen LogP contribution < -0.4 is 10.6 Å². The molecule has 1 atom stereocenters. The summed E-state index contributed by atoms with van der Waals surface area (Å²) in [5, 5.41) is 17.4. The first-order valence-electron chi connectivity index (χ1n) is 7.35. The predicted molar refractivity (Wildman–Crippen MR) is 87.3 cm³/mol. The van der Waals surface area contributed by atoms with Crippen molar-refractivity contribution in [1.82, 2.24) is 10.3 Å². The lowest BCUT2D eigenvalue weighted by atomic mass is 9.79. The lowest BCUT2D eigenvalue weighted by Crippen LogP contribution is -2.42. The van der Waals surface area contributed by atoms with E-state index < -0.39 is 5.60 Å². The number of aliphatic hydroxyl groups is 1. The van der Waals surface area contributed by atoms with Gasteiger partial charge in [-0.3, -0.25) is 4.79 Å². The van der Waals surface area contributed by atoms with Crippen molar-refractivity contribution in [2.75, 3.05) is 18.9 Å². The fraction of sp³-hybridized carbons (Fsp3) is 0.375. The molecule has 6 heteroatoms. The number of aryl methyl sites for hydroxylation is 1. The van der Waals surface area contributed by atoms with Crippen molar-refractivity contribution in [3.8, 4) is 0 Å². The molecule has 2 aromatic rings. The summed E-state index contributed by atoms with van der Waals surface area (Å²) in [5.74, 6) is -0.199. The van der Waals surface area contributed by atoms with Gasteiger partial charge in [-0.05, 0) is 30.4 Å². The smallest absolute Gasteiger partial charge is 0.263 e. The van der Waals surface area contributed by atoms with E-state index in [1.54, 1.807) is 13.2 Å². The maximum atomic E-state index is 12.2. The minimum Gasteiger partial charge on any atom is -0.383 e. The summed E-state index contributed by atoms with van der Waals surface area (Å²) < 4.78 is 0. The molecule has 1 aromatic carbocycles. The zero-order chi connectivity index (χ0) is 15.6. The van der Waals surface area contributed by atoms with Crippen LogP contribution in [-0.2, 0) is 12.0 Å². The number of anilines is 1. The average molecular weight is 317 g/mol. The van der Waals surface area contributed by atoms with Crippen molar-refractivity contribution in [2.24, 2.45) is 0 Å². The van der Waals surface area contributed by atoms with Gasteiger partial charge in [0.15, 0.2) is 5.13 Å². The maximum absolute atomic E-state index is 12.2. The van der Waals surface area contributed by atoms with E-state index in [-0.39, 0.29) is 12.5 Å². The molecular formula is C16H19N3O2S. The summed E-state index contributed by atoms with van der Waals surface area (Å²) in [7, 11) is 1.77. The molecule has 1 amide bonds. The Morgan fingerprint density at radius 1 is 1.45 bits per heavy atom. The molecule has 0 spiro atoms. The van der Waals surface area contributed by atoms with Crippen LogP contribution >= 0.6 is 11.3 Å². The molecule has 0 bridgehead atoms. The van der Waals surface area contributed by atoms with Crippen molar-refractivity contribution < 1.29 is 9.90 Å². The number of amides is 1. The molecule has 0 fully saturated rings. The monoisotopic (exact) mass is 317 g/mol. The van der Waals surface area contributed by atoms with Crippen LogP contribution in [0.4, 0.5) is 5.13 Å². The summed E-state index contributed by atoms with van der Waals surface area (Å²) in [5.41, 5.74) is 1.11. The number of carbonyl (C=O) groups is 1. The topological polar surface area (TPSA) is 74.2 Å². The Balaban J connectivity index is 1.72. The maximum Gasteiger partial charge on any atom is 0.263 e. The van der Waals surface area contributed by atoms with Gasteiger partial charge in [0.2, 0.25) is 0 Å². The third-order valence-corrected chi connectivity index (χ3v) is 5.05. The van der Waals surface area contributed by atoms with Crippen LogP contribution in [0.1, 0.15) is 33.6 Å². The number of benzene rings is 1. The number of hydrogen-bond acceptors (Lipinski definition) is 5. The zero-order valence-electron chi connectivity index (χ0n) is 12.4. The Hall–Kier alpha value is -1.92. The van der Waals surface area contributed by atoms with E-state index in [0.29, 0.717) is 16.4 Å². The van der Waals surface area contributed by atoms with Crippen LogP contribution in [0.2, 0.25) is 0 Å². The van der Waals surface area contributed by atoms with Crippen LogP contribution in [0.25, 0.3) is 0 Å². The summed E-state index contributed by atoms with van der Waals surface area (Å²) in [4.78, 5) is 16.8. The zero-order valence-corrected chi connectivity index (χ0v) is 13.2. The SMILES string of the molecule is CNc1ncc(C(=O)NC[C@]2(O)CCCc3ccccc32)s1. The van der Waals surface area contributed by atoms with Gasteiger partial charge >= 0.3 is 0 Å². The minimum absolute atomic E-state index is 0.199. The number of nitrogens with one attached hydrogen (secondary N) is 2. The fourth-order valence-corrected chi connectivity index (χ4v) is 3.58. The van der Waals surface area contributed by atoms with Crippen LogP contribution in [0.5, 0.6) is 0 Å². The lowest BCUT2D eigenvalue weighted by molar-refractivity contribution is 0.0190. The molecule has 1 heterocycles. The van der Waals surface area contributed by atoms with Gasteiger partial charge < -0.3 is 15.7 Å². The highest BCUT2D eigenvalue weighted by atomic mass is 32.1. The number of rotatable bonds is 4. The van der Waals surface area contributed by atoms with Gasteiger partial charge in [0.25, 0.3) is 5.91 Å². The molecule has 116 valence electrons. The number of fused-ring (bicyclic) bond motifs is 1. The number of aromatic nitrogens is 1. The van der Waals surface area contributed by atoms with E-state index in [1.165, 1.54) is 16.9 Å².